The van der Waals surface area contributed by atoms with Crippen LogP contribution in [-0.4, -0.2) is 11.2 Å². The van der Waals surface area contributed by atoms with Gasteiger partial charge in [0.05, 0.1) is 16.1 Å². The number of halogens is 2. The van der Waals surface area contributed by atoms with E-state index >= 15 is 0 Å². The molecular weight excluding hydrogens is 283 g/mol. The number of rotatable bonds is 3. The molecule has 0 aromatic heterocycles. The van der Waals surface area contributed by atoms with Gasteiger partial charge in [-0.05, 0) is 36.6 Å². The first-order valence-electron chi connectivity index (χ1n) is 6.08. The Hall–Kier alpha value is -1.38. The Balaban J connectivity index is 1.98. The minimum atomic E-state index is -0.0131. The molecule has 0 unspecified atom stereocenters. The summed E-state index contributed by atoms with van der Waals surface area (Å²) in [6.07, 6.45) is 2.60. The third kappa shape index (κ3) is 2.80. The molecule has 1 fully saturated rings. The van der Waals surface area contributed by atoms with Crippen LogP contribution in [0.5, 0.6) is 11.5 Å². The molecule has 0 spiro atoms. The van der Waals surface area contributed by atoms with E-state index in [0.717, 1.165) is 29.7 Å². The van der Waals surface area contributed by atoms with Gasteiger partial charge in [-0.3, -0.25) is 0 Å². The monoisotopic (exact) mass is 294 g/mol. The van der Waals surface area contributed by atoms with Gasteiger partial charge in [-0.25, -0.2) is 0 Å². The molecule has 0 bridgehead atoms. The second-order valence-electron chi connectivity index (χ2n) is 4.63. The number of phenolic OH excluding ortho intramolecular Hbond substituents is 1. The van der Waals surface area contributed by atoms with Crippen LogP contribution in [-0.2, 0) is 0 Å². The Morgan fingerprint density at radius 1 is 1.05 bits per heavy atom. The van der Waals surface area contributed by atoms with Gasteiger partial charge < -0.3 is 9.84 Å². The van der Waals surface area contributed by atoms with Crippen molar-refractivity contribution in [3.8, 4) is 22.6 Å². The zero-order chi connectivity index (χ0) is 13.4. The summed E-state index contributed by atoms with van der Waals surface area (Å²) in [5, 5.41) is 10.3. The number of ether oxygens (including phenoxy) is 1. The molecule has 1 saturated carbocycles. The van der Waals surface area contributed by atoms with E-state index in [1.165, 1.54) is 6.07 Å². The smallest absolute Gasteiger partial charge is 0.135 e. The Labute approximate surface area is 121 Å². The van der Waals surface area contributed by atoms with Crippen LogP contribution in [0.25, 0.3) is 11.1 Å². The highest BCUT2D eigenvalue weighted by Crippen LogP contribution is 2.37. The van der Waals surface area contributed by atoms with Gasteiger partial charge in [0.1, 0.15) is 11.5 Å². The van der Waals surface area contributed by atoms with Gasteiger partial charge in [0.2, 0.25) is 0 Å². The molecule has 0 amide bonds. The minimum absolute atomic E-state index is 0.0131. The average molecular weight is 295 g/mol. The number of hydrogen-bond acceptors (Lipinski definition) is 2. The van der Waals surface area contributed by atoms with E-state index in [0.29, 0.717) is 11.1 Å². The predicted molar refractivity (Wildman–Crippen MR) is 77.2 cm³/mol. The molecule has 2 aromatic carbocycles. The number of benzene rings is 2. The molecule has 1 N–H and O–H groups in total. The van der Waals surface area contributed by atoms with Crippen LogP contribution < -0.4 is 4.74 Å². The van der Waals surface area contributed by atoms with Crippen LogP contribution in [0.1, 0.15) is 12.8 Å². The maximum absolute atomic E-state index is 9.51. The summed E-state index contributed by atoms with van der Waals surface area (Å²) in [6, 6.07) is 10.8. The average Bonchev–Trinajstić information content (AvgIpc) is 3.18. The summed E-state index contributed by atoms with van der Waals surface area (Å²) < 4.78 is 5.76. The molecule has 3 rings (SSSR count). The molecule has 4 heteroatoms. The van der Waals surface area contributed by atoms with Crippen molar-refractivity contribution in [3.63, 3.8) is 0 Å². The van der Waals surface area contributed by atoms with Gasteiger partial charge in [-0.2, -0.15) is 0 Å². The van der Waals surface area contributed by atoms with Gasteiger partial charge in [0, 0.05) is 11.6 Å². The van der Waals surface area contributed by atoms with Crippen molar-refractivity contribution >= 4 is 23.2 Å². The first kappa shape index (κ1) is 12.6. The zero-order valence-corrected chi connectivity index (χ0v) is 11.6. The van der Waals surface area contributed by atoms with Crippen LogP contribution in [0.4, 0.5) is 0 Å². The molecule has 0 atom stereocenters. The van der Waals surface area contributed by atoms with E-state index in [-0.39, 0.29) is 10.8 Å². The van der Waals surface area contributed by atoms with Crippen molar-refractivity contribution in [1.82, 2.24) is 0 Å². The second-order valence-corrected chi connectivity index (χ2v) is 5.44. The van der Waals surface area contributed by atoms with Gasteiger partial charge in [0.15, 0.2) is 0 Å². The highest BCUT2D eigenvalue weighted by Gasteiger charge is 2.23. The van der Waals surface area contributed by atoms with Crippen molar-refractivity contribution in [2.24, 2.45) is 0 Å². The molecule has 1 aliphatic carbocycles. The Morgan fingerprint density at radius 3 is 2.58 bits per heavy atom. The Bertz CT molecular complexity index is 622. The molecule has 0 heterocycles. The zero-order valence-electron chi connectivity index (χ0n) is 10.1. The molecular formula is C15H12Cl2O2. The molecule has 2 aromatic rings. The standard InChI is InChI=1S/C15H12Cl2O2/c16-13-8-15(18)14(17)7-12(13)9-2-1-3-11(6-9)19-10-4-5-10/h1-3,6-8,10,18H,4-5H2. The summed E-state index contributed by atoms with van der Waals surface area (Å²) in [6.45, 7) is 0. The maximum Gasteiger partial charge on any atom is 0.135 e. The molecule has 1 aliphatic rings. The Morgan fingerprint density at radius 2 is 1.84 bits per heavy atom. The van der Waals surface area contributed by atoms with Gasteiger partial charge in [0.25, 0.3) is 0 Å². The first-order valence-corrected chi connectivity index (χ1v) is 6.84. The molecule has 2 nitrogen and oxygen atoms in total. The number of hydrogen-bond donors (Lipinski definition) is 1. The lowest BCUT2D eigenvalue weighted by Crippen LogP contribution is -1.95. The largest absolute Gasteiger partial charge is 0.506 e. The van der Waals surface area contributed by atoms with Gasteiger partial charge in [-0.1, -0.05) is 35.3 Å². The lowest BCUT2D eigenvalue weighted by atomic mass is 10.1. The number of aromatic hydroxyl groups is 1. The van der Waals surface area contributed by atoms with Crippen molar-refractivity contribution in [3.05, 3.63) is 46.4 Å². The highest BCUT2D eigenvalue weighted by molar-refractivity contribution is 6.36. The van der Waals surface area contributed by atoms with Crippen molar-refractivity contribution < 1.29 is 9.84 Å². The van der Waals surface area contributed by atoms with Crippen LogP contribution >= 0.6 is 23.2 Å². The fraction of sp³-hybridized carbons (Fsp3) is 0.200. The molecule has 98 valence electrons. The fourth-order valence-corrected chi connectivity index (χ4v) is 2.30. The van der Waals surface area contributed by atoms with E-state index < -0.39 is 0 Å². The van der Waals surface area contributed by atoms with E-state index in [9.17, 15) is 5.11 Å². The van der Waals surface area contributed by atoms with E-state index in [4.69, 9.17) is 27.9 Å². The normalized spacial score (nSPS) is 14.4. The molecule has 19 heavy (non-hydrogen) atoms. The molecule has 0 radical (unpaired) electrons. The topological polar surface area (TPSA) is 29.5 Å². The van der Waals surface area contributed by atoms with Crippen LogP contribution in [0.2, 0.25) is 10.0 Å². The van der Waals surface area contributed by atoms with Crippen LogP contribution in [0, 0.1) is 0 Å². The summed E-state index contributed by atoms with van der Waals surface area (Å²) in [5.41, 5.74) is 1.70. The maximum atomic E-state index is 9.51. The molecule has 0 saturated heterocycles. The van der Waals surface area contributed by atoms with Gasteiger partial charge >= 0.3 is 0 Å². The SMILES string of the molecule is Oc1cc(Cl)c(-c2cccc(OC3CC3)c2)cc1Cl. The number of phenols is 1. The summed E-state index contributed by atoms with van der Waals surface area (Å²) in [7, 11) is 0. The van der Waals surface area contributed by atoms with Crippen LogP contribution in [0.15, 0.2) is 36.4 Å². The fourth-order valence-electron chi connectivity index (χ4n) is 1.87. The van der Waals surface area contributed by atoms with Gasteiger partial charge in [-0.15, -0.1) is 0 Å². The lowest BCUT2D eigenvalue weighted by Gasteiger charge is -2.09. The summed E-state index contributed by atoms with van der Waals surface area (Å²) in [5.74, 6) is 0.820. The molecule has 0 aliphatic heterocycles. The van der Waals surface area contributed by atoms with Crippen LogP contribution in [0.3, 0.4) is 0 Å². The highest BCUT2D eigenvalue weighted by atomic mass is 35.5. The summed E-state index contributed by atoms with van der Waals surface area (Å²) in [4.78, 5) is 0. The Kier molecular flexibility index (Phi) is 3.29. The third-order valence-corrected chi connectivity index (χ3v) is 3.62. The van der Waals surface area contributed by atoms with Crippen molar-refractivity contribution in [1.29, 1.82) is 0 Å². The van der Waals surface area contributed by atoms with E-state index in [2.05, 4.69) is 0 Å². The second kappa shape index (κ2) is 4.95. The van der Waals surface area contributed by atoms with E-state index in [1.807, 2.05) is 24.3 Å². The first-order chi connectivity index (χ1) is 9.13. The lowest BCUT2D eigenvalue weighted by molar-refractivity contribution is 0.303. The van der Waals surface area contributed by atoms with E-state index in [1.54, 1.807) is 6.07 Å². The van der Waals surface area contributed by atoms with Crippen molar-refractivity contribution in [2.75, 3.05) is 0 Å². The van der Waals surface area contributed by atoms with Crippen molar-refractivity contribution in [2.45, 2.75) is 18.9 Å². The third-order valence-electron chi connectivity index (χ3n) is 3.01. The predicted octanol–water partition coefficient (Wildman–Crippen LogP) is 4.91. The summed E-state index contributed by atoms with van der Waals surface area (Å²) >= 11 is 12.1. The quantitative estimate of drug-likeness (QED) is 0.872. The minimum Gasteiger partial charge on any atom is -0.506 e.